The Hall–Kier alpha value is -3.55. The van der Waals surface area contributed by atoms with E-state index in [-0.39, 0.29) is 6.04 Å². The molecule has 138 valence electrons. The molecule has 2 aromatic carbocycles. The van der Waals surface area contributed by atoms with E-state index in [9.17, 15) is 0 Å². The Morgan fingerprint density at radius 3 is 2.37 bits per heavy atom. The number of ether oxygens (including phenoxy) is 3. The van der Waals surface area contributed by atoms with E-state index in [0.29, 0.717) is 11.7 Å². The van der Waals surface area contributed by atoms with Gasteiger partial charge in [-0.25, -0.2) is 0 Å². The molecule has 0 spiro atoms. The molecule has 3 aromatic rings. The molecule has 0 fully saturated rings. The van der Waals surface area contributed by atoms with Gasteiger partial charge >= 0.3 is 0 Å². The summed E-state index contributed by atoms with van der Waals surface area (Å²) >= 11 is 0. The number of methoxy groups -OCH3 is 3. The minimum absolute atomic E-state index is 0.163. The molecule has 1 N–H and O–H groups in total. The Kier molecular flexibility index (Phi) is 4.37. The second-order valence-electron chi connectivity index (χ2n) is 5.94. The van der Waals surface area contributed by atoms with Crippen LogP contribution in [0.1, 0.15) is 17.2 Å². The lowest BCUT2D eigenvalue weighted by Gasteiger charge is -2.24. The smallest absolute Gasteiger partial charge is 0.248 e. The second-order valence-corrected chi connectivity index (χ2v) is 5.94. The number of nitrogens with zero attached hydrogens (tertiary/aromatic N) is 4. The van der Waals surface area contributed by atoms with E-state index in [1.807, 2.05) is 42.5 Å². The summed E-state index contributed by atoms with van der Waals surface area (Å²) < 4.78 is 17.8. The minimum atomic E-state index is -0.163. The fourth-order valence-corrected chi connectivity index (χ4v) is 3.07. The van der Waals surface area contributed by atoms with Crippen molar-refractivity contribution < 1.29 is 14.2 Å². The van der Waals surface area contributed by atoms with Crippen LogP contribution < -0.4 is 19.5 Å². The zero-order valence-electron chi connectivity index (χ0n) is 15.2. The van der Waals surface area contributed by atoms with Crippen LogP contribution in [-0.2, 0) is 0 Å². The van der Waals surface area contributed by atoms with Crippen molar-refractivity contribution >= 4 is 11.6 Å². The summed E-state index contributed by atoms with van der Waals surface area (Å²) in [5, 5.41) is 15.3. The summed E-state index contributed by atoms with van der Waals surface area (Å²) in [4.78, 5) is 0. The third-order valence-electron chi connectivity index (χ3n) is 4.48. The molecule has 27 heavy (non-hydrogen) atoms. The summed E-state index contributed by atoms with van der Waals surface area (Å²) in [5.74, 6) is 2.78. The van der Waals surface area contributed by atoms with Gasteiger partial charge in [0.15, 0.2) is 0 Å². The van der Waals surface area contributed by atoms with Gasteiger partial charge in [0.2, 0.25) is 5.95 Å². The number of fused-ring (bicyclic) bond motifs is 1. The van der Waals surface area contributed by atoms with Crippen LogP contribution in [0.4, 0.5) is 5.95 Å². The Morgan fingerprint density at radius 2 is 1.67 bits per heavy atom. The number of nitrogens with one attached hydrogen (secondary N) is 1. The number of hydrogen-bond donors (Lipinski definition) is 1. The van der Waals surface area contributed by atoms with Crippen molar-refractivity contribution in [3.05, 3.63) is 59.7 Å². The Balaban J connectivity index is 1.79. The Morgan fingerprint density at radius 1 is 0.926 bits per heavy atom. The number of anilines is 1. The van der Waals surface area contributed by atoms with E-state index in [2.05, 4.69) is 26.9 Å². The predicted octanol–water partition coefficient (Wildman–Crippen LogP) is 2.75. The molecule has 1 aliphatic heterocycles. The lowest BCUT2D eigenvalue weighted by Crippen LogP contribution is -2.20. The summed E-state index contributed by atoms with van der Waals surface area (Å²) in [6.45, 7) is 0. The predicted molar refractivity (Wildman–Crippen MR) is 100 cm³/mol. The molecule has 8 heteroatoms. The molecule has 0 saturated carbocycles. The van der Waals surface area contributed by atoms with E-state index in [1.54, 1.807) is 26.0 Å². The van der Waals surface area contributed by atoms with Crippen molar-refractivity contribution in [2.45, 2.75) is 6.04 Å². The zero-order chi connectivity index (χ0) is 18.8. The molecule has 0 amide bonds. The van der Waals surface area contributed by atoms with E-state index >= 15 is 0 Å². The van der Waals surface area contributed by atoms with Gasteiger partial charge in [-0.15, -0.1) is 0 Å². The maximum Gasteiger partial charge on any atom is 0.248 e. The molecule has 0 saturated heterocycles. The minimum Gasteiger partial charge on any atom is -0.497 e. The van der Waals surface area contributed by atoms with Gasteiger partial charge in [-0.3, -0.25) is 0 Å². The van der Waals surface area contributed by atoms with Crippen molar-refractivity contribution in [3.63, 3.8) is 0 Å². The molecule has 0 bridgehead atoms. The molecule has 1 aromatic heterocycles. The van der Waals surface area contributed by atoms with Crippen LogP contribution in [-0.4, -0.2) is 41.5 Å². The average molecular weight is 365 g/mol. The topological polar surface area (TPSA) is 83.3 Å². The van der Waals surface area contributed by atoms with Gasteiger partial charge in [0.05, 0.1) is 27.0 Å². The number of hydrogen-bond acceptors (Lipinski definition) is 7. The third-order valence-corrected chi connectivity index (χ3v) is 4.48. The number of aromatic nitrogens is 4. The summed E-state index contributed by atoms with van der Waals surface area (Å²) in [5.41, 5.74) is 2.79. The van der Waals surface area contributed by atoms with Crippen LogP contribution in [0.15, 0.2) is 48.5 Å². The molecule has 8 nitrogen and oxygen atoms in total. The number of rotatable bonds is 5. The van der Waals surface area contributed by atoms with Gasteiger partial charge in [-0.05, 0) is 46.3 Å². The number of allylic oxidation sites excluding steroid dienone is 1. The molecular formula is C19H19N5O3. The highest BCUT2D eigenvalue weighted by molar-refractivity contribution is 5.80. The summed E-state index contributed by atoms with van der Waals surface area (Å²) in [6, 6.07) is 13.4. The summed E-state index contributed by atoms with van der Waals surface area (Å²) in [6.07, 6.45) is 2.06. The van der Waals surface area contributed by atoms with Crippen molar-refractivity contribution in [1.82, 2.24) is 20.2 Å². The van der Waals surface area contributed by atoms with Crippen LogP contribution in [0.2, 0.25) is 0 Å². The van der Waals surface area contributed by atoms with E-state index in [0.717, 1.165) is 28.3 Å². The quantitative estimate of drug-likeness (QED) is 0.744. The fraction of sp³-hybridized carbons (Fsp3) is 0.211. The SMILES string of the molecule is COc1ccc([C@@H]2C=C(c3ccc(OC)cc3OC)Nc3nnnn32)cc1. The first-order chi connectivity index (χ1) is 13.2. The largest absolute Gasteiger partial charge is 0.497 e. The lowest BCUT2D eigenvalue weighted by atomic mass is 10.0. The molecule has 4 rings (SSSR count). The van der Waals surface area contributed by atoms with Crippen LogP contribution in [0.3, 0.4) is 0 Å². The van der Waals surface area contributed by atoms with Gasteiger partial charge < -0.3 is 19.5 Å². The standard InChI is InChI=1S/C19H19N5O3/c1-25-13-6-4-12(5-7-13)17-11-16(20-19-21-22-23-24(17)19)15-9-8-14(26-2)10-18(15)27-3/h4-11,17H,1-3H3,(H,20,21,23)/t17-/m0/s1. The van der Waals surface area contributed by atoms with Crippen molar-refractivity contribution in [2.75, 3.05) is 26.6 Å². The Bertz CT molecular complexity index is 981. The fourth-order valence-electron chi connectivity index (χ4n) is 3.07. The maximum atomic E-state index is 5.55. The average Bonchev–Trinajstić information content (AvgIpc) is 3.21. The third kappa shape index (κ3) is 3.05. The zero-order valence-corrected chi connectivity index (χ0v) is 15.2. The van der Waals surface area contributed by atoms with Crippen molar-refractivity contribution in [3.8, 4) is 17.2 Å². The van der Waals surface area contributed by atoms with Crippen LogP contribution in [0.5, 0.6) is 17.2 Å². The number of tetrazole rings is 1. The first-order valence-electron chi connectivity index (χ1n) is 8.36. The molecule has 0 aliphatic carbocycles. The molecule has 0 unspecified atom stereocenters. The van der Waals surface area contributed by atoms with E-state index in [4.69, 9.17) is 14.2 Å². The highest BCUT2D eigenvalue weighted by Gasteiger charge is 2.25. The summed E-state index contributed by atoms with van der Waals surface area (Å²) in [7, 11) is 4.90. The molecule has 0 radical (unpaired) electrons. The highest BCUT2D eigenvalue weighted by atomic mass is 16.5. The van der Waals surface area contributed by atoms with Crippen LogP contribution >= 0.6 is 0 Å². The van der Waals surface area contributed by atoms with Gasteiger partial charge in [-0.2, -0.15) is 4.68 Å². The molecule has 2 heterocycles. The molecule has 1 aliphatic rings. The number of benzene rings is 2. The Labute approximate surface area is 156 Å². The highest BCUT2D eigenvalue weighted by Crippen LogP contribution is 2.36. The normalized spacial score (nSPS) is 15.4. The van der Waals surface area contributed by atoms with E-state index in [1.165, 1.54) is 0 Å². The van der Waals surface area contributed by atoms with E-state index < -0.39 is 0 Å². The van der Waals surface area contributed by atoms with Gasteiger partial charge in [-0.1, -0.05) is 17.2 Å². The van der Waals surface area contributed by atoms with Crippen molar-refractivity contribution in [2.24, 2.45) is 0 Å². The first-order valence-corrected chi connectivity index (χ1v) is 8.36. The molecular weight excluding hydrogens is 346 g/mol. The first kappa shape index (κ1) is 16.9. The monoisotopic (exact) mass is 365 g/mol. The van der Waals surface area contributed by atoms with Crippen LogP contribution in [0.25, 0.3) is 5.70 Å². The van der Waals surface area contributed by atoms with Gasteiger partial charge in [0, 0.05) is 11.6 Å². The lowest BCUT2D eigenvalue weighted by molar-refractivity contribution is 0.393. The molecule has 1 atom stereocenters. The van der Waals surface area contributed by atoms with Crippen LogP contribution in [0, 0.1) is 0 Å². The second kappa shape index (κ2) is 6.99. The van der Waals surface area contributed by atoms with Gasteiger partial charge in [0.25, 0.3) is 0 Å². The van der Waals surface area contributed by atoms with Gasteiger partial charge in [0.1, 0.15) is 23.3 Å². The van der Waals surface area contributed by atoms with Crippen molar-refractivity contribution in [1.29, 1.82) is 0 Å². The maximum absolute atomic E-state index is 5.55.